The molecule has 0 unspecified atom stereocenters. The molecule has 0 spiro atoms. The van der Waals surface area contributed by atoms with Crippen LogP contribution in [0.15, 0.2) is 30.6 Å². The van der Waals surface area contributed by atoms with Gasteiger partial charge in [0, 0.05) is 18.3 Å². The number of hydrogen-bond acceptors (Lipinski definition) is 4. The lowest BCUT2D eigenvalue weighted by atomic mass is 10.1. The highest BCUT2D eigenvalue weighted by molar-refractivity contribution is 6.04. The lowest BCUT2D eigenvalue weighted by molar-refractivity contribution is 0.102. The topological polar surface area (TPSA) is 82.2 Å². The van der Waals surface area contributed by atoms with Gasteiger partial charge in [0.1, 0.15) is 5.75 Å². The van der Waals surface area contributed by atoms with E-state index in [4.69, 9.17) is 10.5 Å². The highest BCUT2D eigenvalue weighted by atomic mass is 16.5. The van der Waals surface area contributed by atoms with Gasteiger partial charge in [-0.25, -0.2) is 0 Å². The molecule has 0 atom stereocenters. The largest absolute Gasteiger partial charge is 0.492 e. The first-order valence-corrected chi connectivity index (χ1v) is 6.50. The third-order valence-corrected chi connectivity index (χ3v) is 2.79. The maximum atomic E-state index is 12.1. The monoisotopic (exact) mass is 274 g/mol. The van der Waals surface area contributed by atoms with E-state index in [9.17, 15) is 4.79 Å². The lowest BCUT2D eigenvalue weighted by Gasteiger charge is -2.08. The van der Waals surface area contributed by atoms with Gasteiger partial charge in [0.15, 0.2) is 0 Å². The molecular weight excluding hydrogens is 256 g/mol. The molecule has 20 heavy (non-hydrogen) atoms. The van der Waals surface area contributed by atoms with Gasteiger partial charge >= 0.3 is 0 Å². The molecule has 1 aromatic heterocycles. The molecule has 106 valence electrons. The highest BCUT2D eigenvalue weighted by Gasteiger charge is 2.10. The van der Waals surface area contributed by atoms with Gasteiger partial charge in [-0.1, -0.05) is 0 Å². The summed E-state index contributed by atoms with van der Waals surface area (Å²) >= 11 is 0. The first-order chi connectivity index (χ1) is 9.63. The van der Waals surface area contributed by atoms with Crippen molar-refractivity contribution in [3.05, 3.63) is 36.2 Å². The number of ether oxygens (including phenoxy) is 1. The van der Waals surface area contributed by atoms with Gasteiger partial charge in [-0.05, 0) is 32.0 Å². The Balaban J connectivity index is 2.10. The van der Waals surface area contributed by atoms with Crippen LogP contribution in [0.4, 0.5) is 11.4 Å². The van der Waals surface area contributed by atoms with E-state index in [1.807, 2.05) is 13.8 Å². The standard InChI is InChI=1S/C14H18N4O2/c1-3-18-9-11(8-16-18)17-14(19)10-5-6-13(20-4-2)12(15)7-10/h5-9H,3-4,15H2,1-2H3,(H,17,19). The zero-order chi connectivity index (χ0) is 14.5. The number of carbonyl (C=O) groups is 1. The Morgan fingerprint density at radius 2 is 2.25 bits per heavy atom. The van der Waals surface area contributed by atoms with Crippen molar-refractivity contribution in [3.63, 3.8) is 0 Å². The molecular formula is C14H18N4O2. The third-order valence-electron chi connectivity index (χ3n) is 2.79. The number of hydrogen-bond donors (Lipinski definition) is 2. The maximum absolute atomic E-state index is 12.1. The molecule has 2 aromatic rings. The van der Waals surface area contributed by atoms with Gasteiger partial charge in [0.2, 0.25) is 0 Å². The first kappa shape index (κ1) is 13.9. The zero-order valence-corrected chi connectivity index (χ0v) is 11.6. The van der Waals surface area contributed by atoms with Crippen LogP contribution in [0.3, 0.4) is 0 Å². The minimum atomic E-state index is -0.226. The Kier molecular flexibility index (Phi) is 4.24. The minimum absolute atomic E-state index is 0.226. The van der Waals surface area contributed by atoms with Crippen molar-refractivity contribution in [1.29, 1.82) is 0 Å². The van der Waals surface area contributed by atoms with Crippen LogP contribution >= 0.6 is 0 Å². The number of carbonyl (C=O) groups excluding carboxylic acids is 1. The molecule has 2 rings (SSSR count). The molecule has 0 aliphatic carbocycles. The van der Waals surface area contributed by atoms with Crippen LogP contribution in [0, 0.1) is 0 Å². The number of rotatable bonds is 5. The second-order valence-electron chi connectivity index (χ2n) is 4.22. The summed E-state index contributed by atoms with van der Waals surface area (Å²) in [4.78, 5) is 12.1. The normalized spacial score (nSPS) is 10.3. The van der Waals surface area contributed by atoms with E-state index >= 15 is 0 Å². The number of amides is 1. The van der Waals surface area contributed by atoms with E-state index in [-0.39, 0.29) is 5.91 Å². The van der Waals surface area contributed by atoms with Crippen LogP contribution in [0.2, 0.25) is 0 Å². The number of nitrogens with zero attached hydrogens (tertiary/aromatic N) is 2. The average molecular weight is 274 g/mol. The van der Waals surface area contributed by atoms with Crippen LogP contribution in [0.25, 0.3) is 0 Å². The number of aromatic nitrogens is 2. The summed E-state index contributed by atoms with van der Waals surface area (Å²) in [5, 5.41) is 6.87. The van der Waals surface area contributed by atoms with Crippen molar-refractivity contribution in [2.24, 2.45) is 0 Å². The van der Waals surface area contributed by atoms with Crippen molar-refractivity contribution >= 4 is 17.3 Å². The summed E-state index contributed by atoms with van der Waals surface area (Å²) in [5.74, 6) is 0.359. The number of aryl methyl sites for hydroxylation is 1. The molecule has 0 aliphatic rings. The average Bonchev–Trinajstić information content (AvgIpc) is 2.89. The molecule has 1 aromatic carbocycles. The lowest BCUT2D eigenvalue weighted by Crippen LogP contribution is -2.12. The van der Waals surface area contributed by atoms with Crippen molar-refractivity contribution in [2.75, 3.05) is 17.7 Å². The van der Waals surface area contributed by atoms with Gasteiger partial charge in [0.25, 0.3) is 5.91 Å². The van der Waals surface area contributed by atoms with Crippen molar-refractivity contribution < 1.29 is 9.53 Å². The van der Waals surface area contributed by atoms with E-state index in [2.05, 4.69) is 10.4 Å². The summed E-state index contributed by atoms with van der Waals surface area (Å²) in [6, 6.07) is 4.98. The van der Waals surface area contributed by atoms with E-state index in [0.717, 1.165) is 6.54 Å². The smallest absolute Gasteiger partial charge is 0.255 e. The van der Waals surface area contributed by atoms with E-state index in [1.165, 1.54) is 0 Å². The fourth-order valence-electron chi connectivity index (χ4n) is 1.78. The van der Waals surface area contributed by atoms with E-state index in [0.29, 0.717) is 29.3 Å². The highest BCUT2D eigenvalue weighted by Crippen LogP contribution is 2.23. The predicted octanol–water partition coefficient (Wildman–Crippen LogP) is 2.14. The van der Waals surface area contributed by atoms with Crippen LogP contribution in [-0.4, -0.2) is 22.3 Å². The molecule has 0 saturated heterocycles. The fraction of sp³-hybridized carbons (Fsp3) is 0.286. The molecule has 6 nitrogen and oxygen atoms in total. The van der Waals surface area contributed by atoms with Gasteiger partial charge in [-0.3, -0.25) is 9.48 Å². The van der Waals surface area contributed by atoms with Gasteiger partial charge < -0.3 is 15.8 Å². The molecule has 1 heterocycles. The van der Waals surface area contributed by atoms with Gasteiger partial charge in [-0.15, -0.1) is 0 Å². The molecule has 0 saturated carbocycles. The van der Waals surface area contributed by atoms with E-state index < -0.39 is 0 Å². The van der Waals surface area contributed by atoms with Crippen LogP contribution in [-0.2, 0) is 6.54 Å². The number of anilines is 2. The Bertz CT molecular complexity index is 607. The molecule has 0 fully saturated rings. The Morgan fingerprint density at radius 3 is 2.85 bits per heavy atom. The first-order valence-electron chi connectivity index (χ1n) is 6.50. The SMILES string of the molecule is CCOc1ccc(C(=O)Nc2cnn(CC)c2)cc1N. The van der Waals surface area contributed by atoms with Gasteiger partial charge in [0.05, 0.1) is 24.2 Å². The van der Waals surface area contributed by atoms with Crippen LogP contribution < -0.4 is 15.8 Å². The summed E-state index contributed by atoms with van der Waals surface area (Å²) in [5.41, 5.74) is 7.43. The van der Waals surface area contributed by atoms with Crippen molar-refractivity contribution in [3.8, 4) is 5.75 Å². The fourth-order valence-corrected chi connectivity index (χ4v) is 1.78. The maximum Gasteiger partial charge on any atom is 0.255 e. The Labute approximate surface area is 117 Å². The van der Waals surface area contributed by atoms with Crippen molar-refractivity contribution in [1.82, 2.24) is 9.78 Å². The third kappa shape index (κ3) is 3.09. The number of benzene rings is 1. The Morgan fingerprint density at radius 1 is 1.45 bits per heavy atom. The second-order valence-corrected chi connectivity index (χ2v) is 4.22. The minimum Gasteiger partial charge on any atom is -0.492 e. The summed E-state index contributed by atoms with van der Waals surface area (Å²) in [6.07, 6.45) is 3.38. The van der Waals surface area contributed by atoms with E-state index in [1.54, 1.807) is 35.3 Å². The van der Waals surface area contributed by atoms with Crippen LogP contribution in [0.5, 0.6) is 5.75 Å². The molecule has 1 amide bonds. The number of nitrogens with two attached hydrogens (primary N) is 1. The predicted molar refractivity (Wildman–Crippen MR) is 77.9 cm³/mol. The molecule has 6 heteroatoms. The summed E-state index contributed by atoms with van der Waals surface area (Å²) in [6.45, 7) is 5.15. The zero-order valence-electron chi connectivity index (χ0n) is 11.6. The number of nitrogen functional groups attached to an aromatic ring is 1. The molecule has 3 N–H and O–H groups in total. The van der Waals surface area contributed by atoms with Gasteiger partial charge in [-0.2, -0.15) is 5.10 Å². The molecule has 0 bridgehead atoms. The second kappa shape index (κ2) is 6.10. The summed E-state index contributed by atoms with van der Waals surface area (Å²) in [7, 11) is 0. The summed E-state index contributed by atoms with van der Waals surface area (Å²) < 4.78 is 7.08. The van der Waals surface area contributed by atoms with Crippen molar-refractivity contribution in [2.45, 2.75) is 20.4 Å². The number of nitrogens with one attached hydrogen (secondary N) is 1. The molecule has 0 radical (unpaired) electrons. The quantitative estimate of drug-likeness (QED) is 0.818. The van der Waals surface area contributed by atoms with Crippen LogP contribution in [0.1, 0.15) is 24.2 Å². The Hall–Kier alpha value is -2.50. The molecule has 0 aliphatic heterocycles.